The molecule has 193 valence electrons. The van der Waals surface area contributed by atoms with Gasteiger partial charge in [0, 0.05) is 0 Å². The Morgan fingerprint density at radius 1 is 0.583 bits per heavy atom. The zero-order chi connectivity index (χ0) is 26.6. The van der Waals surface area contributed by atoms with Crippen LogP contribution < -0.4 is 0 Å². The Morgan fingerprint density at radius 3 is 1.22 bits per heavy atom. The molecule has 0 saturated heterocycles. The van der Waals surface area contributed by atoms with Crippen LogP contribution in [0.1, 0.15) is 145 Å². The second-order valence-corrected chi connectivity index (χ2v) is 33.2. The van der Waals surface area contributed by atoms with Gasteiger partial charge in [-0.25, -0.2) is 0 Å². The molecule has 0 bridgehead atoms. The number of hydrogen-bond acceptors (Lipinski definition) is 0. The molecule has 0 amide bonds. The summed E-state index contributed by atoms with van der Waals surface area (Å²) >= 11 is -1.99. The van der Waals surface area contributed by atoms with Crippen LogP contribution in [0.4, 0.5) is 0 Å². The molecule has 0 spiro atoms. The van der Waals surface area contributed by atoms with Crippen LogP contribution in [0.25, 0.3) is 12.2 Å². The van der Waals surface area contributed by atoms with Gasteiger partial charge in [0.05, 0.1) is 0 Å². The summed E-state index contributed by atoms with van der Waals surface area (Å²) in [5.41, 5.74) is 16.2. The minimum atomic E-state index is -1.99. The van der Waals surface area contributed by atoms with Gasteiger partial charge in [-0.15, -0.1) is 0 Å². The van der Waals surface area contributed by atoms with Crippen molar-refractivity contribution in [2.24, 2.45) is 0 Å². The molecule has 0 aliphatic heterocycles. The number of benzene rings is 2. The fourth-order valence-electron chi connectivity index (χ4n) is 6.71. The van der Waals surface area contributed by atoms with Gasteiger partial charge in [-0.05, 0) is 0 Å². The average Bonchev–Trinajstić information content (AvgIpc) is 3.28. The Bertz CT molecular complexity index is 1120. The normalized spacial score (nSPS) is 19.0. The van der Waals surface area contributed by atoms with Crippen LogP contribution >= 0.6 is 0 Å². The van der Waals surface area contributed by atoms with Crippen molar-refractivity contribution in [3.63, 3.8) is 0 Å². The molecule has 2 unspecified atom stereocenters. The quantitative estimate of drug-likeness (QED) is 0.288. The molecule has 0 fully saturated rings. The second-order valence-electron chi connectivity index (χ2n) is 13.1. The number of allylic oxidation sites excluding steroid dienone is 2. The predicted octanol–water partition coefficient (Wildman–Crippen LogP) is 10.4. The third-order valence-electron chi connectivity index (χ3n) is 8.72. The van der Waals surface area contributed by atoms with Gasteiger partial charge < -0.3 is 0 Å². The van der Waals surface area contributed by atoms with Crippen LogP contribution in [-0.2, 0) is 20.9 Å². The summed E-state index contributed by atoms with van der Waals surface area (Å²) < 4.78 is 1.46. The predicted molar refractivity (Wildman–Crippen MR) is 161 cm³/mol. The molecule has 36 heavy (non-hydrogen) atoms. The van der Waals surface area contributed by atoms with Crippen LogP contribution in [0, 0.1) is 0 Å². The summed E-state index contributed by atoms with van der Waals surface area (Å²) in [7, 11) is 0. The first-order valence-corrected chi connectivity index (χ1v) is 24.4. The van der Waals surface area contributed by atoms with Crippen molar-refractivity contribution in [3.05, 3.63) is 79.9 Å². The van der Waals surface area contributed by atoms with Crippen molar-refractivity contribution in [3.8, 4) is 0 Å². The Labute approximate surface area is 230 Å². The first kappa shape index (κ1) is 28.0. The third-order valence-corrected chi connectivity index (χ3v) is 30.9. The summed E-state index contributed by atoms with van der Waals surface area (Å²) in [4.78, 5) is 0. The van der Waals surface area contributed by atoms with Gasteiger partial charge >= 0.3 is 232 Å². The second kappa shape index (κ2) is 10.6. The fourth-order valence-corrected chi connectivity index (χ4v) is 29.9. The molecule has 2 aromatic rings. The van der Waals surface area contributed by atoms with E-state index in [2.05, 4.69) is 119 Å². The maximum atomic E-state index is 2.69. The van der Waals surface area contributed by atoms with Crippen LogP contribution in [0.15, 0.2) is 35.4 Å². The van der Waals surface area contributed by atoms with Crippen molar-refractivity contribution >= 4 is 18.1 Å². The van der Waals surface area contributed by atoms with E-state index in [-0.39, 0.29) is 0 Å². The van der Waals surface area contributed by atoms with Crippen molar-refractivity contribution in [2.45, 2.75) is 113 Å². The first-order chi connectivity index (χ1) is 16.8. The van der Waals surface area contributed by atoms with Gasteiger partial charge in [0.1, 0.15) is 0 Å². The van der Waals surface area contributed by atoms with Crippen LogP contribution in [-0.4, -0.2) is 5.92 Å². The fraction of sp³-hybridized carbons (Fsp3) is 0.529. The van der Waals surface area contributed by atoms with Gasteiger partial charge in [-0.2, -0.15) is 0 Å². The summed E-state index contributed by atoms with van der Waals surface area (Å²) in [6.45, 7) is 29.3. The van der Waals surface area contributed by atoms with E-state index in [1.54, 1.807) is 55.7 Å². The summed E-state index contributed by atoms with van der Waals surface area (Å²) in [5.74, 6) is 1.46. The standard InChI is InChI=1S/2C16H21.C2H7Si.Zr/c2*1-10(2)13-8-14-6-12(5)7-16(14)15(9-13)11(3)4;1-3-2;/h2*6-11H,1-5H3;3H,1-2H3;. The molecule has 4 rings (SSSR count). The van der Waals surface area contributed by atoms with E-state index in [9.17, 15) is 0 Å². The van der Waals surface area contributed by atoms with Gasteiger partial charge in [-0.1, -0.05) is 0 Å². The molecular weight excluding hydrogens is 528 g/mol. The molecule has 0 N–H and O–H groups in total. The van der Waals surface area contributed by atoms with Crippen molar-refractivity contribution < 1.29 is 20.9 Å². The van der Waals surface area contributed by atoms with E-state index in [4.69, 9.17) is 0 Å². The Hall–Kier alpha value is -0.980. The molecule has 0 aromatic heterocycles. The molecular formula is C34H49SiZr. The van der Waals surface area contributed by atoms with Crippen molar-refractivity contribution in [1.82, 2.24) is 0 Å². The summed E-state index contributed by atoms with van der Waals surface area (Å²) in [6.07, 6.45) is 5.21. The van der Waals surface area contributed by atoms with Crippen LogP contribution in [0.2, 0.25) is 13.1 Å². The minimum absolute atomic E-state index is 0.569. The summed E-state index contributed by atoms with van der Waals surface area (Å²) in [6, 6.07) is 10.3. The van der Waals surface area contributed by atoms with E-state index in [0.717, 1.165) is 7.25 Å². The van der Waals surface area contributed by atoms with E-state index in [1.807, 2.05) is 0 Å². The molecule has 2 heteroatoms. The zero-order valence-corrected chi connectivity index (χ0v) is 28.6. The van der Waals surface area contributed by atoms with E-state index in [1.165, 1.54) is 0 Å². The third kappa shape index (κ3) is 4.91. The average molecular weight is 577 g/mol. The Balaban J connectivity index is 1.93. The SMILES string of the molecule is CC1=Cc2c(C(C)C)cc(C(C)C)cc2[CH]1[Zr]([CH]1C(C)=Cc2c(C(C)C)cc(C(C)C)cc21)[SiH](C)C. The van der Waals surface area contributed by atoms with Crippen molar-refractivity contribution in [2.75, 3.05) is 0 Å². The van der Waals surface area contributed by atoms with Crippen LogP contribution in [0.3, 0.4) is 0 Å². The van der Waals surface area contributed by atoms with E-state index in [0.29, 0.717) is 23.7 Å². The number of hydrogen-bond donors (Lipinski definition) is 0. The van der Waals surface area contributed by atoms with Gasteiger partial charge in [0.2, 0.25) is 0 Å². The molecule has 2 aliphatic rings. The van der Waals surface area contributed by atoms with Crippen molar-refractivity contribution in [1.29, 1.82) is 0 Å². The molecule has 2 aromatic carbocycles. The molecule has 0 radical (unpaired) electrons. The van der Waals surface area contributed by atoms with E-state index >= 15 is 0 Å². The summed E-state index contributed by atoms with van der Waals surface area (Å²) in [5, 5.41) is 0. The monoisotopic (exact) mass is 575 g/mol. The van der Waals surface area contributed by atoms with Crippen LogP contribution in [0.5, 0.6) is 0 Å². The van der Waals surface area contributed by atoms with E-state index < -0.39 is 26.8 Å². The molecule has 0 nitrogen and oxygen atoms in total. The first-order valence-electron chi connectivity index (χ1n) is 14.4. The van der Waals surface area contributed by atoms with Gasteiger partial charge in [0.25, 0.3) is 0 Å². The molecule has 2 aliphatic carbocycles. The molecule has 0 heterocycles. The maximum absolute atomic E-state index is 2.69. The number of rotatable bonds is 7. The molecule has 2 atom stereocenters. The number of fused-ring (bicyclic) bond motifs is 2. The zero-order valence-electron chi connectivity index (χ0n) is 25.0. The molecule has 0 saturated carbocycles. The van der Waals surface area contributed by atoms with Gasteiger partial charge in [0.15, 0.2) is 0 Å². The Morgan fingerprint density at radius 2 is 0.944 bits per heavy atom. The van der Waals surface area contributed by atoms with Gasteiger partial charge in [-0.3, -0.25) is 0 Å². The topological polar surface area (TPSA) is 0 Å². The Kier molecular flexibility index (Phi) is 8.29.